The first-order valence-corrected chi connectivity index (χ1v) is 6.41. The van der Waals surface area contributed by atoms with Crippen molar-refractivity contribution in [3.05, 3.63) is 53.1 Å². The van der Waals surface area contributed by atoms with Crippen LogP contribution in [0.5, 0.6) is 0 Å². The van der Waals surface area contributed by atoms with Crippen molar-refractivity contribution >= 4 is 17.3 Å². The third-order valence-electron chi connectivity index (χ3n) is 2.59. The Labute approximate surface area is 112 Å². The summed E-state index contributed by atoms with van der Waals surface area (Å²) < 4.78 is 1.73. The number of benzene rings is 1. The summed E-state index contributed by atoms with van der Waals surface area (Å²) in [6.45, 7) is 0. The van der Waals surface area contributed by atoms with Crippen molar-refractivity contribution in [2.24, 2.45) is 0 Å². The van der Waals surface area contributed by atoms with Crippen LogP contribution in [0.2, 0.25) is 0 Å². The number of nitrogens with zero attached hydrogens (tertiary/aromatic N) is 3. The Hall–Kier alpha value is -2.47. The van der Waals surface area contributed by atoms with Gasteiger partial charge >= 0.3 is 5.97 Å². The number of thiazole rings is 1. The Kier molecular flexibility index (Phi) is 2.85. The van der Waals surface area contributed by atoms with E-state index in [1.807, 2.05) is 36.5 Å². The normalized spacial score (nSPS) is 10.5. The van der Waals surface area contributed by atoms with Gasteiger partial charge in [0.05, 0.1) is 17.6 Å². The van der Waals surface area contributed by atoms with Crippen molar-refractivity contribution in [2.45, 2.75) is 0 Å². The third-order valence-corrected chi connectivity index (χ3v) is 3.42. The number of para-hydroxylation sites is 1. The molecule has 0 radical (unpaired) electrons. The van der Waals surface area contributed by atoms with E-state index in [1.54, 1.807) is 16.3 Å². The number of aromatic carboxylic acids is 1. The third kappa shape index (κ3) is 2.25. The molecule has 0 saturated carbocycles. The van der Waals surface area contributed by atoms with E-state index in [1.165, 1.54) is 0 Å². The van der Waals surface area contributed by atoms with Crippen LogP contribution in [0.1, 0.15) is 9.80 Å². The van der Waals surface area contributed by atoms with Crippen molar-refractivity contribution < 1.29 is 9.90 Å². The molecule has 0 unspecified atom stereocenters. The molecule has 0 saturated heterocycles. The summed E-state index contributed by atoms with van der Waals surface area (Å²) >= 11 is 1.11. The van der Waals surface area contributed by atoms with Gasteiger partial charge in [-0.15, -0.1) is 11.3 Å². The first kappa shape index (κ1) is 11.6. The van der Waals surface area contributed by atoms with Crippen molar-refractivity contribution in [2.75, 3.05) is 0 Å². The van der Waals surface area contributed by atoms with Crippen LogP contribution in [-0.4, -0.2) is 25.8 Å². The second kappa shape index (κ2) is 4.66. The van der Waals surface area contributed by atoms with E-state index >= 15 is 0 Å². The highest BCUT2D eigenvalue weighted by atomic mass is 32.1. The van der Waals surface area contributed by atoms with E-state index in [2.05, 4.69) is 10.1 Å². The second-order valence-electron chi connectivity index (χ2n) is 3.85. The van der Waals surface area contributed by atoms with Crippen molar-refractivity contribution in [1.82, 2.24) is 14.8 Å². The van der Waals surface area contributed by atoms with E-state index in [4.69, 9.17) is 5.11 Å². The quantitative estimate of drug-likeness (QED) is 0.795. The first-order valence-electron chi connectivity index (χ1n) is 5.53. The Morgan fingerprint density at radius 1 is 1.26 bits per heavy atom. The SMILES string of the molecule is O=C(O)c1nc(-c2cnn(-c3ccccc3)c2)cs1. The number of hydrogen-bond acceptors (Lipinski definition) is 4. The minimum atomic E-state index is -1.01. The fourth-order valence-electron chi connectivity index (χ4n) is 1.68. The Bertz CT molecular complexity index is 718. The van der Waals surface area contributed by atoms with Crippen LogP contribution in [0.15, 0.2) is 48.1 Å². The van der Waals surface area contributed by atoms with Gasteiger partial charge in [-0.1, -0.05) is 18.2 Å². The zero-order valence-electron chi connectivity index (χ0n) is 9.72. The molecule has 0 amide bonds. The molecule has 1 aromatic carbocycles. The number of carboxylic acid groups (broad SMARTS) is 1. The van der Waals surface area contributed by atoms with E-state index < -0.39 is 5.97 Å². The van der Waals surface area contributed by atoms with Crippen LogP contribution >= 0.6 is 11.3 Å². The molecule has 94 valence electrons. The highest BCUT2D eigenvalue weighted by Gasteiger charge is 2.11. The van der Waals surface area contributed by atoms with Crippen molar-refractivity contribution in [3.63, 3.8) is 0 Å². The van der Waals surface area contributed by atoms with Crippen LogP contribution in [0.25, 0.3) is 16.9 Å². The zero-order valence-corrected chi connectivity index (χ0v) is 10.5. The molecule has 3 aromatic rings. The summed E-state index contributed by atoms with van der Waals surface area (Å²) in [4.78, 5) is 14.9. The fraction of sp³-hybridized carbons (Fsp3) is 0. The molecule has 19 heavy (non-hydrogen) atoms. The maximum absolute atomic E-state index is 10.8. The summed E-state index contributed by atoms with van der Waals surface area (Å²) in [5.41, 5.74) is 2.37. The standard InChI is InChI=1S/C13H9N3O2S/c17-13(18)12-15-11(8-19-12)9-6-14-16(7-9)10-4-2-1-3-5-10/h1-8H,(H,17,18). The molecule has 2 heterocycles. The molecule has 3 rings (SSSR count). The number of hydrogen-bond donors (Lipinski definition) is 1. The predicted octanol–water partition coefficient (Wildman–Crippen LogP) is 2.69. The summed E-state index contributed by atoms with van der Waals surface area (Å²) in [7, 11) is 0. The van der Waals surface area contributed by atoms with Crippen molar-refractivity contribution in [1.29, 1.82) is 0 Å². The van der Waals surface area contributed by atoms with Gasteiger partial charge in [-0.2, -0.15) is 5.10 Å². The molecule has 0 atom stereocenters. The van der Waals surface area contributed by atoms with Crippen LogP contribution in [0.4, 0.5) is 0 Å². The lowest BCUT2D eigenvalue weighted by Crippen LogP contribution is -1.94. The highest BCUT2D eigenvalue weighted by Crippen LogP contribution is 2.22. The van der Waals surface area contributed by atoms with Gasteiger partial charge in [0.15, 0.2) is 0 Å². The van der Waals surface area contributed by atoms with Gasteiger partial charge in [0, 0.05) is 17.1 Å². The van der Waals surface area contributed by atoms with Crippen LogP contribution < -0.4 is 0 Å². The largest absolute Gasteiger partial charge is 0.476 e. The van der Waals surface area contributed by atoms with Crippen molar-refractivity contribution in [3.8, 4) is 16.9 Å². The minimum absolute atomic E-state index is 0.0856. The van der Waals surface area contributed by atoms with Crippen LogP contribution in [0.3, 0.4) is 0 Å². The lowest BCUT2D eigenvalue weighted by atomic mass is 10.3. The van der Waals surface area contributed by atoms with E-state index in [9.17, 15) is 4.79 Å². The molecule has 0 fully saturated rings. The molecular formula is C13H9N3O2S. The number of rotatable bonds is 3. The molecule has 6 heteroatoms. The van der Waals surface area contributed by atoms with Crippen LogP contribution in [0, 0.1) is 0 Å². The molecule has 0 aliphatic heterocycles. The predicted molar refractivity (Wildman–Crippen MR) is 71.6 cm³/mol. The van der Waals surface area contributed by atoms with Gasteiger partial charge in [-0.25, -0.2) is 14.5 Å². The summed E-state index contributed by atoms with van der Waals surface area (Å²) in [6, 6.07) is 9.69. The molecule has 0 bridgehead atoms. The fourth-order valence-corrected chi connectivity index (χ4v) is 2.35. The molecule has 0 aliphatic rings. The number of carbonyl (C=O) groups is 1. The highest BCUT2D eigenvalue weighted by molar-refractivity contribution is 7.11. The Morgan fingerprint density at radius 2 is 2.05 bits per heavy atom. The smallest absolute Gasteiger partial charge is 0.365 e. The first-order chi connectivity index (χ1) is 9.24. The maximum Gasteiger partial charge on any atom is 0.365 e. The average Bonchev–Trinajstić information content (AvgIpc) is 3.09. The molecular weight excluding hydrogens is 262 g/mol. The molecule has 2 aromatic heterocycles. The monoisotopic (exact) mass is 271 g/mol. The van der Waals surface area contributed by atoms with E-state index in [0.717, 1.165) is 22.6 Å². The lowest BCUT2D eigenvalue weighted by molar-refractivity contribution is 0.0696. The van der Waals surface area contributed by atoms with Gasteiger partial charge in [-0.05, 0) is 12.1 Å². The van der Waals surface area contributed by atoms with E-state index in [0.29, 0.717) is 5.69 Å². The minimum Gasteiger partial charge on any atom is -0.476 e. The maximum atomic E-state index is 10.8. The molecule has 1 N–H and O–H groups in total. The topological polar surface area (TPSA) is 68.0 Å². The zero-order chi connectivity index (χ0) is 13.2. The average molecular weight is 271 g/mol. The molecule has 0 aliphatic carbocycles. The lowest BCUT2D eigenvalue weighted by Gasteiger charge is -1.98. The summed E-state index contributed by atoms with van der Waals surface area (Å²) in [5.74, 6) is -1.01. The van der Waals surface area contributed by atoms with Gasteiger partial charge in [0.2, 0.25) is 5.01 Å². The Balaban J connectivity index is 1.94. The van der Waals surface area contributed by atoms with Gasteiger partial charge in [0.1, 0.15) is 0 Å². The van der Waals surface area contributed by atoms with Crippen LogP contribution in [-0.2, 0) is 0 Å². The second-order valence-corrected chi connectivity index (χ2v) is 4.71. The Morgan fingerprint density at radius 3 is 2.74 bits per heavy atom. The van der Waals surface area contributed by atoms with Gasteiger partial charge in [0.25, 0.3) is 0 Å². The van der Waals surface area contributed by atoms with Gasteiger partial charge < -0.3 is 5.11 Å². The molecule has 5 nitrogen and oxygen atoms in total. The summed E-state index contributed by atoms with van der Waals surface area (Å²) in [5, 5.41) is 14.9. The number of carboxylic acids is 1. The van der Waals surface area contributed by atoms with E-state index in [-0.39, 0.29) is 5.01 Å². The summed E-state index contributed by atoms with van der Waals surface area (Å²) in [6.07, 6.45) is 3.50. The molecule has 0 spiro atoms. The number of aromatic nitrogens is 3. The van der Waals surface area contributed by atoms with Gasteiger partial charge in [-0.3, -0.25) is 0 Å².